The summed E-state index contributed by atoms with van der Waals surface area (Å²) in [5.41, 5.74) is 0.874. The van der Waals surface area contributed by atoms with Crippen molar-refractivity contribution in [1.82, 2.24) is 19.7 Å². The maximum Gasteiger partial charge on any atom is 0.163 e. The van der Waals surface area contributed by atoms with E-state index in [1.165, 1.54) is 19.3 Å². The van der Waals surface area contributed by atoms with Gasteiger partial charge in [-0.1, -0.05) is 0 Å². The molecule has 3 rings (SSSR count). The van der Waals surface area contributed by atoms with Crippen LogP contribution in [0.2, 0.25) is 0 Å². The van der Waals surface area contributed by atoms with Gasteiger partial charge in [0, 0.05) is 25.5 Å². The van der Waals surface area contributed by atoms with Gasteiger partial charge in [0.1, 0.15) is 12.1 Å². The molecule has 1 aliphatic carbocycles. The summed E-state index contributed by atoms with van der Waals surface area (Å²) >= 11 is 5.92. The molecule has 2 aromatic rings. The number of anilines is 1. The zero-order chi connectivity index (χ0) is 12.5. The van der Waals surface area contributed by atoms with E-state index in [-0.39, 0.29) is 0 Å². The zero-order valence-electron chi connectivity index (χ0n) is 10.4. The van der Waals surface area contributed by atoms with Crippen LogP contribution < -0.4 is 4.90 Å². The molecule has 0 aromatic carbocycles. The molecule has 0 aliphatic heterocycles. The molecule has 0 N–H and O–H groups in total. The lowest BCUT2D eigenvalue weighted by Crippen LogP contribution is -2.42. The van der Waals surface area contributed by atoms with E-state index in [1.807, 2.05) is 13.2 Å². The van der Waals surface area contributed by atoms with Gasteiger partial charge in [-0.2, -0.15) is 5.10 Å². The molecule has 2 heterocycles. The quantitative estimate of drug-likeness (QED) is 0.793. The minimum absolute atomic E-state index is 0.571. The first-order valence-corrected chi connectivity index (χ1v) is 6.80. The van der Waals surface area contributed by atoms with Gasteiger partial charge in [0.2, 0.25) is 0 Å². The third-order valence-corrected chi connectivity index (χ3v) is 3.79. The second kappa shape index (κ2) is 4.72. The highest BCUT2D eigenvalue weighted by atomic mass is 35.5. The monoisotopic (exact) mass is 265 g/mol. The maximum atomic E-state index is 5.92. The van der Waals surface area contributed by atoms with Gasteiger partial charge in [-0.25, -0.2) is 9.97 Å². The zero-order valence-corrected chi connectivity index (χ0v) is 11.1. The average Bonchev–Trinajstić information content (AvgIpc) is 2.69. The third-order valence-electron chi connectivity index (χ3n) is 3.62. The number of hydrogen-bond acceptors (Lipinski definition) is 4. The molecule has 0 amide bonds. The normalized spacial score (nSPS) is 15.9. The molecular formula is C12H16ClN5. The summed E-state index contributed by atoms with van der Waals surface area (Å²) in [5, 5.41) is 5.27. The molecule has 1 fully saturated rings. The van der Waals surface area contributed by atoms with Gasteiger partial charge >= 0.3 is 0 Å². The highest BCUT2D eigenvalue weighted by molar-refractivity contribution is 6.18. The van der Waals surface area contributed by atoms with Crippen molar-refractivity contribution in [3.05, 3.63) is 12.5 Å². The summed E-state index contributed by atoms with van der Waals surface area (Å²) in [6.45, 7) is 0.827. The van der Waals surface area contributed by atoms with E-state index < -0.39 is 0 Å². The Bertz CT molecular complexity index is 548. The minimum Gasteiger partial charge on any atom is -0.352 e. The van der Waals surface area contributed by atoms with Crippen molar-refractivity contribution in [2.75, 3.05) is 17.3 Å². The minimum atomic E-state index is 0.571. The summed E-state index contributed by atoms with van der Waals surface area (Å²) in [7, 11) is 1.90. The van der Waals surface area contributed by atoms with Crippen LogP contribution in [-0.2, 0) is 7.05 Å². The predicted octanol–water partition coefficient (Wildman–Crippen LogP) is 1.96. The van der Waals surface area contributed by atoms with E-state index >= 15 is 0 Å². The van der Waals surface area contributed by atoms with Gasteiger partial charge in [-0.05, 0) is 19.3 Å². The fraction of sp³-hybridized carbons (Fsp3) is 0.583. The first-order valence-electron chi connectivity index (χ1n) is 6.26. The Kier molecular flexibility index (Phi) is 3.07. The second-order valence-corrected chi connectivity index (χ2v) is 5.05. The van der Waals surface area contributed by atoms with E-state index in [2.05, 4.69) is 20.0 Å². The summed E-state index contributed by atoms with van der Waals surface area (Å²) in [5.74, 6) is 1.58. The lowest BCUT2D eigenvalue weighted by Gasteiger charge is -2.38. The Hall–Kier alpha value is -1.36. The van der Waals surface area contributed by atoms with E-state index in [9.17, 15) is 0 Å². The van der Waals surface area contributed by atoms with E-state index in [4.69, 9.17) is 11.6 Å². The summed E-state index contributed by atoms with van der Waals surface area (Å²) in [6.07, 6.45) is 7.19. The molecule has 1 aliphatic rings. The fourth-order valence-electron chi connectivity index (χ4n) is 2.43. The van der Waals surface area contributed by atoms with E-state index in [1.54, 1.807) is 11.0 Å². The highest BCUT2D eigenvalue weighted by Gasteiger charge is 2.27. The van der Waals surface area contributed by atoms with E-state index in [0.29, 0.717) is 11.9 Å². The van der Waals surface area contributed by atoms with Gasteiger partial charge in [-0.15, -0.1) is 11.6 Å². The molecule has 18 heavy (non-hydrogen) atoms. The van der Waals surface area contributed by atoms with Crippen LogP contribution in [0.3, 0.4) is 0 Å². The van der Waals surface area contributed by atoms with Crippen LogP contribution in [0.25, 0.3) is 11.0 Å². The van der Waals surface area contributed by atoms with Crippen LogP contribution in [0, 0.1) is 0 Å². The topological polar surface area (TPSA) is 46.8 Å². The van der Waals surface area contributed by atoms with Crippen molar-refractivity contribution >= 4 is 28.5 Å². The number of nitrogens with zero attached hydrogens (tertiary/aromatic N) is 5. The number of alkyl halides is 1. The number of rotatable bonds is 4. The van der Waals surface area contributed by atoms with Crippen LogP contribution in [0.15, 0.2) is 12.5 Å². The molecule has 5 nitrogen and oxygen atoms in total. The standard InChI is InChI=1S/C12H16ClN5/c1-17-11-10(7-16-17)12(15-8-14-11)18(6-5-13)9-3-2-4-9/h7-9H,2-6H2,1H3. The lowest BCUT2D eigenvalue weighted by atomic mass is 9.91. The van der Waals surface area contributed by atoms with E-state index in [0.717, 1.165) is 23.4 Å². The molecule has 0 spiro atoms. The number of aryl methyl sites for hydroxylation is 1. The molecule has 6 heteroatoms. The SMILES string of the molecule is Cn1ncc2c(N(CCCl)C3CCC3)ncnc21. The van der Waals surface area contributed by atoms with Gasteiger partial charge < -0.3 is 4.90 Å². The van der Waals surface area contributed by atoms with Crippen LogP contribution in [0.1, 0.15) is 19.3 Å². The largest absolute Gasteiger partial charge is 0.352 e. The molecule has 1 saturated carbocycles. The molecule has 2 aromatic heterocycles. The first kappa shape index (κ1) is 11.7. The molecule has 0 unspecified atom stereocenters. The van der Waals surface area contributed by atoms with Crippen molar-refractivity contribution < 1.29 is 0 Å². The third kappa shape index (κ3) is 1.82. The van der Waals surface area contributed by atoms with Crippen LogP contribution in [0.5, 0.6) is 0 Å². The average molecular weight is 266 g/mol. The van der Waals surface area contributed by atoms with Crippen molar-refractivity contribution in [3.8, 4) is 0 Å². The first-order chi connectivity index (χ1) is 8.81. The molecule has 0 saturated heterocycles. The maximum absolute atomic E-state index is 5.92. The van der Waals surface area contributed by atoms with Gasteiger partial charge in [0.05, 0.1) is 11.6 Å². The van der Waals surface area contributed by atoms with Gasteiger partial charge in [0.15, 0.2) is 5.65 Å². The summed E-state index contributed by atoms with van der Waals surface area (Å²) < 4.78 is 1.78. The van der Waals surface area contributed by atoms with Crippen LogP contribution in [0.4, 0.5) is 5.82 Å². The molecule has 0 bridgehead atoms. The van der Waals surface area contributed by atoms with Gasteiger partial charge in [-0.3, -0.25) is 4.68 Å². The molecule has 0 radical (unpaired) electrons. The summed E-state index contributed by atoms with van der Waals surface area (Å²) in [6, 6.07) is 0.571. The second-order valence-electron chi connectivity index (χ2n) is 4.67. The van der Waals surface area contributed by atoms with Crippen molar-refractivity contribution in [2.45, 2.75) is 25.3 Å². The van der Waals surface area contributed by atoms with Crippen LogP contribution >= 0.6 is 11.6 Å². The Morgan fingerprint density at radius 2 is 2.28 bits per heavy atom. The molecule has 0 atom stereocenters. The van der Waals surface area contributed by atoms with Gasteiger partial charge in [0.25, 0.3) is 0 Å². The number of hydrogen-bond donors (Lipinski definition) is 0. The van der Waals surface area contributed by atoms with Crippen molar-refractivity contribution in [2.24, 2.45) is 7.05 Å². The Morgan fingerprint density at radius 1 is 1.44 bits per heavy atom. The predicted molar refractivity (Wildman–Crippen MR) is 72.0 cm³/mol. The fourth-order valence-corrected chi connectivity index (χ4v) is 2.61. The smallest absolute Gasteiger partial charge is 0.163 e. The highest BCUT2D eigenvalue weighted by Crippen LogP contribution is 2.31. The Balaban J connectivity index is 2.04. The van der Waals surface area contributed by atoms with Crippen LogP contribution in [-0.4, -0.2) is 38.2 Å². The Labute approximate surface area is 111 Å². The number of halogens is 1. The Morgan fingerprint density at radius 3 is 2.94 bits per heavy atom. The molecule has 96 valence electrons. The summed E-state index contributed by atoms with van der Waals surface area (Å²) in [4.78, 5) is 11.0. The number of fused-ring (bicyclic) bond motifs is 1. The number of aromatic nitrogens is 4. The lowest BCUT2D eigenvalue weighted by molar-refractivity contribution is 0.389. The van der Waals surface area contributed by atoms with Crippen molar-refractivity contribution in [1.29, 1.82) is 0 Å². The molecular weight excluding hydrogens is 250 g/mol. The van der Waals surface area contributed by atoms with Crippen molar-refractivity contribution in [3.63, 3.8) is 0 Å².